The molecule has 0 fully saturated rings. The van der Waals surface area contributed by atoms with Crippen molar-refractivity contribution < 1.29 is 4.79 Å². The highest BCUT2D eigenvalue weighted by molar-refractivity contribution is 7.16. The van der Waals surface area contributed by atoms with Crippen LogP contribution in [-0.2, 0) is 6.42 Å². The van der Waals surface area contributed by atoms with Crippen molar-refractivity contribution in [1.82, 2.24) is 5.32 Å². The summed E-state index contributed by atoms with van der Waals surface area (Å²) < 4.78 is 0.772. The van der Waals surface area contributed by atoms with Crippen LogP contribution >= 0.6 is 34.3 Å². The number of hydrogen-bond acceptors (Lipinski definition) is 4. The van der Waals surface area contributed by atoms with E-state index in [4.69, 9.17) is 17.3 Å². The summed E-state index contributed by atoms with van der Waals surface area (Å²) in [5, 5.41) is 4.65. The van der Waals surface area contributed by atoms with Crippen LogP contribution in [0.5, 0.6) is 0 Å². The first kappa shape index (κ1) is 12.4. The van der Waals surface area contributed by atoms with E-state index < -0.39 is 0 Å². The highest BCUT2D eigenvalue weighted by Gasteiger charge is 2.10. The number of nitrogen functional groups attached to an aromatic ring is 1. The molecule has 0 radical (unpaired) electrons. The highest BCUT2D eigenvalue weighted by atomic mass is 35.5. The van der Waals surface area contributed by atoms with E-state index in [9.17, 15) is 4.79 Å². The van der Waals surface area contributed by atoms with Gasteiger partial charge in [-0.1, -0.05) is 11.6 Å². The van der Waals surface area contributed by atoms with Gasteiger partial charge in [-0.25, -0.2) is 0 Å². The van der Waals surface area contributed by atoms with Crippen LogP contribution in [0, 0.1) is 0 Å². The fraction of sp³-hybridized carbons (Fsp3) is 0.182. The second-order valence-corrected chi connectivity index (χ2v) is 6.13. The molecule has 17 heavy (non-hydrogen) atoms. The molecule has 0 aliphatic heterocycles. The van der Waals surface area contributed by atoms with E-state index in [-0.39, 0.29) is 5.91 Å². The van der Waals surface area contributed by atoms with E-state index in [1.165, 1.54) is 22.7 Å². The SMILES string of the molecule is Nc1ccsc1C(=O)NCCc1ccc(Cl)s1. The van der Waals surface area contributed by atoms with Crippen LogP contribution in [0.1, 0.15) is 14.5 Å². The maximum absolute atomic E-state index is 11.7. The lowest BCUT2D eigenvalue weighted by atomic mass is 10.3. The van der Waals surface area contributed by atoms with Crippen LogP contribution in [0.4, 0.5) is 5.69 Å². The number of carbonyl (C=O) groups excluding carboxylic acids is 1. The lowest BCUT2D eigenvalue weighted by molar-refractivity contribution is 0.0959. The normalized spacial score (nSPS) is 10.4. The average molecular weight is 287 g/mol. The number of nitrogens with two attached hydrogens (primary N) is 1. The molecule has 0 unspecified atom stereocenters. The van der Waals surface area contributed by atoms with Gasteiger partial charge in [0.05, 0.1) is 10.0 Å². The lowest BCUT2D eigenvalue weighted by Gasteiger charge is -2.02. The van der Waals surface area contributed by atoms with Crippen LogP contribution in [0.25, 0.3) is 0 Å². The minimum absolute atomic E-state index is 0.111. The molecule has 0 aliphatic carbocycles. The summed E-state index contributed by atoms with van der Waals surface area (Å²) in [6, 6.07) is 5.57. The summed E-state index contributed by atoms with van der Waals surface area (Å²) in [6.45, 7) is 0.590. The number of rotatable bonds is 4. The first-order chi connectivity index (χ1) is 8.16. The van der Waals surface area contributed by atoms with Crippen LogP contribution in [0.3, 0.4) is 0 Å². The van der Waals surface area contributed by atoms with Crippen molar-refractivity contribution >= 4 is 45.9 Å². The van der Waals surface area contributed by atoms with Crippen molar-refractivity contribution in [2.75, 3.05) is 12.3 Å². The number of carbonyl (C=O) groups is 1. The Kier molecular flexibility index (Phi) is 4.04. The van der Waals surface area contributed by atoms with Gasteiger partial charge in [0.25, 0.3) is 5.91 Å². The van der Waals surface area contributed by atoms with Crippen molar-refractivity contribution in [3.05, 3.63) is 37.7 Å². The van der Waals surface area contributed by atoms with E-state index in [0.717, 1.165) is 15.6 Å². The zero-order valence-corrected chi connectivity index (χ0v) is 11.3. The van der Waals surface area contributed by atoms with Gasteiger partial charge >= 0.3 is 0 Å². The molecule has 0 bridgehead atoms. The van der Waals surface area contributed by atoms with Gasteiger partial charge in [-0.05, 0) is 30.0 Å². The third kappa shape index (κ3) is 3.21. The first-order valence-electron chi connectivity index (χ1n) is 5.02. The molecule has 6 heteroatoms. The Morgan fingerprint density at radius 1 is 1.41 bits per heavy atom. The second-order valence-electron chi connectivity index (χ2n) is 3.42. The zero-order chi connectivity index (χ0) is 12.3. The molecule has 0 atom stereocenters. The lowest BCUT2D eigenvalue weighted by Crippen LogP contribution is -2.25. The van der Waals surface area contributed by atoms with Gasteiger partial charge < -0.3 is 11.1 Å². The van der Waals surface area contributed by atoms with E-state index in [1.54, 1.807) is 6.07 Å². The Bertz CT molecular complexity index is 521. The van der Waals surface area contributed by atoms with Crippen molar-refractivity contribution in [2.45, 2.75) is 6.42 Å². The van der Waals surface area contributed by atoms with Crippen molar-refractivity contribution in [2.24, 2.45) is 0 Å². The Morgan fingerprint density at radius 2 is 2.24 bits per heavy atom. The monoisotopic (exact) mass is 286 g/mol. The second kappa shape index (κ2) is 5.53. The Hall–Kier alpha value is -1.04. The van der Waals surface area contributed by atoms with Crippen LogP contribution in [0.15, 0.2) is 23.6 Å². The maximum Gasteiger partial charge on any atom is 0.263 e. The fourth-order valence-corrected chi connectivity index (χ4v) is 3.19. The number of amides is 1. The Morgan fingerprint density at radius 3 is 2.82 bits per heavy atom. The van der Waals surface area contributed by atoms with Gasteiger partial charge in [0.2, 0.25) is 0 Å². The summed E-state index contributed by atoms with van der Waals surface area (Å²) >= 11 is 8.70. The molecule has 2 heterocycles. The number of thiophene rings is 2. The molecule has 0 aliphatic rings. The summed E-state index contributed by atoms with van der Waals surface area (Å²) in [4.78, 5) is 13.5. The molecule has 3 N–H and O–H groups in total. The fourth-order valence-electron chi connectivity index (χ4n) is 1.37. The van der Waals surface area contributed by atoms with Crippen molar-refractivity contribution in [3.8, 4) is 0 Å². The highest BCUT2D eigenvalue weighted by Crippen LogP contribution is 2.21. The van der Waals surface area contributed by atoms with Crippen LogP contribution in [0.2, 0.25) is 4.34 Å². The van der Waals surface area contributed by atoms with E-state index in [2.05, 4.69) is 5.32 Å². The van der Waals surface area contributed by atoms with Crippen molar-refractivity contribution in [1.29, 1.82) is 0 Å². The molecule has 0 saturated carbocycles. The third-order valence-electron chi connectivity index (χ3n) is 2.19. The van der Waals surface area contributed by atoms with E-state index in [1.807, 2.05) is 17.5 Å². The quantitative estimate of drug-likeness (QED) is 0.908. The van der Waals surface area contributed by atoms with Crippen LogP contribution < -0.4 is 11.1 Å². The summed E-state index contributed by atoms with van der Waals surface area (Å²) in [7, 11) is 0. The molecule has 90 valence electrons. The third-order valence-corrected chi connectivity index (χ3v) is 4.41. The molecule has 0 aromatic carbocycles. The predicted molar refractivity (Wildman–Crippen MR) is 74.1 cm³/mol. The standard InChI is InChI=1S/C11H11ClN2OS2/c12-9-2-1-7(17-9)3-5-14-11(15)10-8(13)4-6-16-10/h1-2,4,6H,3,5,13H2,(H,14,15). The van der Waals surface area contributed by atoms with Gasteiger partial charge in [0.1, 0.15) is 4.88 Å². The van der Waals surface area contributed by atoms with E-state index >= 15 is 0 Å². The average Bonchev–Trinajstić information content (AvgIpc) is 2.87. The van der Waals surface area contributed by atoms with Crippen LogP contribution in [-0.4, -0.2) is 12.5 Å². The number of anilines is 1. The number of hydrogen-bond donors (Lipinski definition) is 2. The molecule has 1 amide bonds. The molecule has 0 saturated heterocycles. The molecule has 2 rings (SSSR count). The molecular formula is C11H11ClN2OS2. The van der Waals surface area contributed by atoms with Gasteiger partial charge in [-0.3, -0.25) is 4.79 Å². The van der Waals surface area contributed by atoms with Gasteiger partial charge in [0, 0.05) is 11.4 Å². The zero-order valence-electron chi connectivity index (χ0n) is 8.90. The number of nitrogens with one attached hydrogen (secondary N) is 1. The molecule has 3 nitrogen and oxygen atoms in total. The minimum Gasteiger partial charge on any atom is -0.397 e. The molecular weight excluding hydrogens is 276 g/mol. The summed E-state index contributed by atoms with van der Waals surface area (Å²) in [6.07, 6.45) is 0.786. The first-order valence-corrected chi connectivity index (χ1v) is 7.09. The van der Waals surface area contributed by atoms with Gasteiger partial charge in [-0.2, -0.15) is 0 Å². The summed E-state index contributed by atoms with van der Waals surface area (Å²) in [5.41, 5.74) is 6.20. The largest absolute Gasteiger partial charge is 0.397 e. The Balaban J connectivity index is 1.83. The Labute approximate surface area is 112 Å². The topological polar surface area (TPSA) is 55.1 Å². The molecule has 0 spiro atoms. The van der Waals surface area contributed by atoms with Gasteiger partial charge in [-0.15, -0.1) is 22.7 Å². The summed E-state index contributed by atoms with van der Waals surface area (Å²) in [5.74, 6) is -0.111. The maximum atomic E-state index is 11.7. The van der Waals surface area contributed by atoms with Crippen molar-refractivity contribution in [3.63, 3.8) is 0 Å². The predicted octanol–water partition coefficient (Wildman–Crippen LogP) is 3.02. The van der Waals surface area contributed by atoms with E-state index in [0.29, 0.717) is 17.1 Å². The van der Waals surface area contributed by atoms with Gasteiger partial charge in [0.15, 0.2) is 0 Å². The molecule has 2 aromatic rings. The smallest absolute Gasteiger partial charge is 0.263 e. The minimum atomic E-state index is -0.111. The molecule has 2 aromatic heterocycles. The number of halogens is 1.